The normalized spacial score (nSPS) is 16.6. The molecule has 1 amide bonds. The van der Waals surface area contributed by atoms with Crippen LogP contribution in [0, 0.1) is 90.3 Å². The number of aryl methyl sites for hydroxylation is 1. The van der Waals surface area contributed by atoms with Crippen molar-refractivity contribution in [3.05, 3.63) is 124 Å². The molecule has 89 heavy (non-hydrogen) atoms. The molecule has 2 aliphatic carbocycles. The predicted octanol–water partition coefficient (Wildman–Crippen LogP) is 17.2. The van der Waals surface area contributed by atoms with Crippen LogP contribution in [-0.2, 0) is 41.8 Å². The van der Waals surface area contributed by atoms with Crippen LogP contribution in [0.5, 0.6) is 0 Å². The van der Waals surface area contributed by atoms with Gasteiger partial charge in [-0.05, 0) is 181 Å². The van der Waals surface area contributed by atoms with Gasteiger partial charge in [0.05, 0.1) is 22.5 Å². The summed E-state index contributed by atoms with van der Waals surface area (Å²) in [5.41, 5.74) is 5.96. The average Bonchev–Trinajstić information content (AvgIpc) is 3.22. The average molecular weight is 1250 g/mol. The zero-order valence-corrected chi connectivity index (χ0v) is 60.9. The summed E-state index contributed by atoms with van der Waals surface area (Å²) in [7, 11) is 0. The summed E-state index contributed by atoms with van der Waals surface area (Å²) >= 11 is 2.95. The molecule has 486 valence electrons. The first-order valence-corrected chi connectivity index (χ1v) is 32.6. The molecule has 3 unspecified atom stereocenters. The van der Waals surface area contributed by atoms with Gasteiger partial charge in [0.2, 0.25) is 5.91 Å². The summed E-state index contributed by atoms with van der Waals surface area (Å²) < 4.78 is 9.92. The Bertz CT molecular complexity index is 3120. The summed E-state index contributed by atoms with van der Waals surface area (Å²) in [5, 5.41) is 13.3. The van der Waals surface area contributed by atoms with Gasteiger partial charge in [0.25, 0.3) is 0 Å². The quantitative estimate of drug-likeness (QED) is 0.0920. The Morgan fingerprint density at radius 1 is 0.663 bits per heavy atom. The molecule has 8 rings (SSSR count). The van der Waals surface area contributed by atoms with Crippen molar-refractivity contribution in [2.45, 2.75) is 233 Å². The van der Waals surface area contributed by atoms with Crippen molar-refractivity contribution >= 4 is 40.3 Å². The first-order chi connectivity index (χ1) is 40.6. The number of thiazole rings is 1. The number of amides is 1. The van der Waals surface area contributed by atoms with Crippen molar-refractivity contribution in [3.63, 3.8) is 0 Å². The fourth-order valence-corrected chi connectivity index (χ4v) is 10.6. The van der Waals surface area contributed by atoms with E-state index < -0.39 is 0 Å². The van der Waals surface area contributed by atoms with Crippen LogP contribution in [0.15, 0.2) is 84.6 Å². The van der Waals surface area contributed by atoms with Gasteiger partial charge in [-0.3, -0.25) is 23.7 Å². The molecule has 5 aromatic heterocycles. The highest BCUT2D eigenvalue weighted by Gasteiger charge is 2.33. The molecule has 0 bridgehead atoms. The molecule has 0 aromatic carbocycles. The second kappa shape index (κ2) is 34.4. The number of hydrogen-bond donors (Lipinski definition) is 0. The molecule has 0 N–H and O–H groups in total. The molecule has 1 aliphatic heterocycles. The van der Waals surface area contributed by atoms with E-state index in [9.17, 15) is 14.4 Å². The highest BCUT2D eigenvalue weighted by Crippen LogP contribution is 2.36. The van der Waals surface area contributed by atoms with E-state index in [2.05, 4.69) is 227 Å². The number of carbonyl (C=O) groups excluding carboxylic acids is 3. The van der Waals surface area contributed by atoms with E-state index in [4.69, 9.17) is 25.7 Å². The Morgan fingerprint density at radius 2 is 1.25 bits per heavy atom. The summed E-state index contributed by atoms with van der Waals surface area (Å²) in [6.45, 7) is 58.7. The molecule has 3 aliphatic rings. The molecule has 0 spiro atoms. The lowest BCUT2D eigenvalue weighted by Gasteiger charge is -2.30. The van der Waals surface area contributed by atoms with E-state index in [1.165, 1.54) is 34.5 Å². The predicted molar refractivity (Wildman–Crippen MR) is 377 cm³/mol. The maximum Gasteiger partial charge on any atom is 0.245 e. The second-order valence-electron chi connectivity index (χ2n) is 30.9. The zero-order valence-electron chi connectivity index (χ0n) is 59.3. The SMILES string of the molecule is C#Cc1ccn(C(C)(C)C)n1.C#Cc1nc(C(C)(C)C)cs1.C#Cc1nccn1C(C)(C)C.C#Cc1nscc1C(C)(C)C.C=CC(=O)N1CCC(C(C)(C)C)C1.CC(C)(C)C1CC=CC(=O)C1.CC(C)(C)C1CC=CCC1=O.Cc1ccn(C(C)(C)C)n1. The van der Waals surface area contributed by atoms with E-state index in [1.807, 2.05) is 79.4 Å². The minimum Gasteiger partial charge on any atom is -0.339 e. The number of rotatable bonds is 1. The molecule has 0 saturated carbocycles. The van der Waals surface area contributed by atoms with Gasteiger partial charge in [-0.25, -0.2) is 9.97 Å². The third-order valence-electron chi connectivity index (χ3n) is 14.8. The number of carbonyl (C=O) groups is 3. The maximum atomic E-state index is 11.4. The molecule has 1 saturated heterocycles. The van der Waals surface area contributed by atoms with Crippen LogP contribution in [0.1, 0.15) is 237 Å². The third kappa shape index (κ3) is 29.1. The van der Waals surface area contributed by atoms with Gasteiger partial charge in [-0.1, -0.05) is 129 Å². The number of likely N-dealkylation sites (tertiary alicyclic amines) is 1. The number of Topliss-reactive ketones (excluding diaryl/α,β-unsaturated/α-hetero) is 1. The highest BCUT2D eigenvalue weighted by atomic mass is 32.1. The van der Waals surface area contributed by atoms with Gasteiger partial charge in [0.1, 0.15) is 17.2 Å². The number of hydrogen-bond acceptors (Lipinski definition) is 10. The van der Waals surface area contributed by atoms with E-state index in [-0.39, 0.29) is 55.9 Å². The molecule has 12 nitrogen and oxygen atoms in total. The van der Waals surface area contributed by atoms with Crippen LogP contribution >= 0.6 is 22.9 Å². The van der Waals surface area contributed by atoms with Crippen molar-refractivity contribution in [3.8, 4) is 49.4 Å². The lowest BCUT2D eigenvalue weighted by atomic mass is 9.74. The van der Waals surface area contributed by atoms with Crippen molar-refractivity contribution in [2.24, 2.45) is 34.0 Å². The van der Waals surface area contributed by atoms with Gasteiger partial charge in [0.15, 0.2) is 16.6 Å². The number of imidazole rings is 1. The van der Waals surface area contributed by atoms with Crippen LogP contribution < -0.4 is 0 Å². The lowest BCUT2D eigenvalue weighted by Crippen LogP contribution is -2.29. The summed E-state index contributed by atoms with van der Waals surface area (Å²) in [5.74, 6) is 13.0. The number of aromatic nitrogens is 8. The second-order valence-corrected chi connectivity index (χ2v) is 32.4. The summed E-state index contributed by atoms with van der Waals surface area (Å²) in [6, 6.07) is 3.86. The fraction of sp³-hybridized carbons (Fsp3) is 0.573. The smallest absolute Gasteiger partial charge is 0.245 e. The topological polar surface area (TPSA) is 134 Å². The van der Waals surface area contributed by atoms with E-state index >= 15 is 0 Å². The number of ketones is 2. The molecule has 6 heterocycles. The van der Waals surface area contributed by atoms with Gasteiger partial charge in [0, 0.05) is 83.9 Å². The molecule has 1 fully saturated rings. The molecule has 0 radical (unpaired) electrons. The molecule has 3 atom stereocenters. The molecular formula is C75H111N9O3S2. The van der Waals surface area contributed by atoms with Crippen LogP contribution in [0.2, 0.25) is 0 Å². The molecule has 14 heteroatoms. The van der Waals surface area contributed by atoms with E-state index in [0.717, 1.165) is 60.9 Å². The lowest BCUT2D eigenvalue weighted by molar-refractivity contribution is -0.126. The first-order valence-electron chi connectivity index (χ1n) is 30.8. The number of nitrogens with zero attached hydrogens (tertiary/aromatic N) is 9. The summed E-state index contributed by atoms with van der Waals surface area (Å²) in [4.78, 5) is 43.9. The van der Waals surface area contributed by atoms with Gasteiger partial charge in [-0.15, -0.1) is 37.0 Å². The van der Waals surface area contributed by atoms with Gasteiger partial charge >= 0.3 is 0 Å². The zero-order chi connectivity index (χ0) is 68.7. The summed E-state index contributed by atoms with van der Waals surface area (Å²) in [6.07, 6.45) is 42.2. The Labute approximate surface area is 547 Å². The van der Waals surface area contributed by atoms with Crippen LogP contribution in [0.25, 0.3) is 0 Å². The Kier molecular flexibility index (Phi) is 31.0. The fourth-order valence-electron chi connectivity index (χ4n) is 8.83. The van der Waals surface area contributed by atoms with Crippen LogP contribution in [-0.4, -0.2) is 73.9 Å². The van der Waals surface area contributed by atoms with E-state index in [1.54, 1.807) is 12.3 Å². The highest BCUT2D eigenvalue weighted by molar-refractivity contribution is 7.10. The largest absolute Gasteiger partial charge is 0.339 e. The monoisotopic (exact) mass is 1250 g/mol. The standard InChI is InChI=1S/C11H19NO.2C10H16O.2C9H12N2.2C9H11NS.C8H14N2/c1-5-10(13)12-7-6-9(8-12)11(2,3)4;1-10(2,3)8-5-4-6-9(11)7-8;1-10(2,3)8-6-4-5-7-9(8)11;1-5-8-10-6-7-11(8)9(2,3)4;1-5-8-6-7-11(10-8)9(2,3)4;1-5-8-10-7(6-11-8)9(2,3)4;1-5-8-7(6-11-10-8)9(2,3)4;1-7-5-6-10(9-7)8(2,3)4/h5,9H,1,6-8H2,2-4H3;4,6,8H,5,7H2,1-3H3;4-5,8H,6-7H2,1-3H3;2*1,6-7H,2-4H3;2*1,6H,2-4H3;5-6H,1-4H3. The number of allylic oxidation sites excluding steroid dienone is 4. The van der Waals surface area contributed by atoms with Crippen molar-refractivity contribution in [1.29, 1.82) is 0 Å². The molecular weight excluding hydrogens is 1140 g/mol. The van der Waals surface area contributed by atoms with Crippen molar-refractivity contribution in [2.75, 3.05) is 13.1 Å². The van der Waals surface area contributed by atoms with Crippen molar-refractivity contribution < 1.29 is 14.4 Å². The Hall–Kier alpha value is -6.84. The number of terminal acetylenes is 4. The maximum absolute atomic E-state index is 11.4. The van der Waals surface area contributed by atoms with Gasteiger partial charge in [-0.2, -0.15) is 14.6 Å². The van der Waals surface area contributed by atoms with Crippen molar-refractivity contribution in [1.82, 2.24) is 43.4 Å². The van der Waals surface area contributed by atoms with Gasteiger partial charge < -0.3 is 9.47 Å². The molecule has 5 aromatic rings. The Morgan fingerprint density at radius 3 is 1.57 bits per heavy atom. The minimum absolute atomic E-state index is 0.0229. The van der Waals surface area contributed by atoms with Crippen LogP contribution in [0.4, 0.5) is 0 Å². The Balaban J connectivity index is 0.000000509. The minimum atomic E-state index is 0.0229. The third-order valence-corrected chi connectivity index (χ3v) is 16.2. The van der Waals surface area contributed by atoms with E-state index in [0.29, 0.717) is 41.0 Å². The first kappa shape index (κ1) is 80.2. The van der Waals surface area contributed by atoms with Crippen LogP contribution in [0.3, 0.4) is 0 Å².